The van der Waals surface area contributed by atoms with Gasteiger partial charge in [0, 0.05) is 17.0 Å². The average molecular weight is 268 g/mol. The van der Waals surface area contributed by atoms with Crippen LogP contribution >= 0.6 is 0 Å². The Morgan fingerprint density at radius 1 is 0.900 bits per heavy atom. The van der Waals surface area contributed by atoms with E-state index in [0.717, 1.165) is 11.1 Å². The van der Waals surface area contributed by atoms with E-state index >= 15 is 0 Å². The highest BCUT2D eigenvalue weighted by Gasteiger charge is 2.60. The Labute approximate surface area is 118 Å². The van der Waals surface area contributed by atoms with Crippen molar-refractivity contribution in [1.82, 2.24) is 0 Å². The van der Waals surface area contributed by atoms with Gasteiger partial charge in [0.05, 0.1) is 0 Å². The Bertz CT molecular complexity index is 654. The van der Waals surface area contributed by atoms with Crippen LogP contribution in [0.1, 0.15) is 36.5 Å². The van der Waals surface area contributed by atoms with Crippen molar-refractivity contribution in [2.75, 3.05) is 0 Å². The summed E-state index contributed by atoms with van der Waals surface area (Å²) in [6, 6.07) is 18.2. The van der Waals surface area contributed by atoms with Gasteiger partial charge in [-0.15, -0.1) is 0 Å². The summed E-state index contributed by atoms with van der Waals surface area (Å²) in [6.07, 6.45) is 0. The Morgan fingerprint density at radius 3 is 2.40 bits per heavy atom. The van der Waals surface area contributed by atoms with Gasteiger partial charge in [-0.25, -0.2) is 0 Å². The van der Waals surface area contributed by atoms with Gasteiger partial charge >= 0.3 is 0 Å². The molecule has 0 saturated carbocycles. The summed E-state index contributed by atoms with van der Waals surface area (Å²) in [7, 11) is 0. The minimum absolute atomic E-state index is 0.109. The summed E-state index contributed by atoms with van der Waals surface area (Å²) in [5, 5.41) is 0. The molecule has 0 amide bonds. The summed E-state index contributed by atoms with van der Waals surface area (Å²) < 4.78 is 6.25. The van der Waals surface area contributed by atoms with Gasteiger partial charge in [0.1, 0.15) is 0 Å². The number of rotatable bonds is 1. The third-order valence-electron chi connectivity index (χ3n) is 4.39. The van der Waals surface area contributed by atoms with E-state index in [1.807, 2.05) is 55.5 Å². The minimum atomic E-state index is -0.959. The SMILES string of the molecule is C[C@H]1c2ccccc2[C@]2(c3ccccc3)OO[C@@]1(C)O2. The van der Waals surface area contributed by atoms with Crippen molar-refractivity contribution in [3.05, 3.63) is 71.3 Å². The second-order valence-electron chi connectivity index (χ2n) is 5.58. The predicted molar refractivity (Wildman–Crippen MR) is 73.7 cm³/mol. The van der Waals surface area contributed by atoms with Crippen LogP contribution in [-0.2, 0) is 20.3 Å². The van der Waals surface area contributed by atoms with Crippen LogP contribution in [0.2, 0.25) is 0 Å². The van der Waals surface area contributed by atoms with Gasteiger partial charge in [-0.3, -0.25) is 0 Å². The lowest BCUT2D eigenvalue weighted by Gasteiger charge is -2.38. The summed E-state index contributed by atoms with van der Waals surface area (Å²) >= 11 is 0. The fourth-order valence-electron chi connectivity index (χ4n) is 3.10. The quantitative estimate of drug-likeness (QED) is 0.738. The highest BCUT2D eigenvalue weighted by Crippen LogP contribution is 2.55. The monoisotopic (exact) mass is 268 g/mol. The zero-order valence-electron chi connectivity index (χ0n) is 11.5. The second kappa shape index (κ2) is 3.92. The fourth-order valence-corrected chi connectivity index (χ4v) is 3.10. The van der Waals surface area contributed by atoms with Crippen molar-refractivity contribution in [1.29, 1.82) is 0 Å². The number of fused-ring (bicyclic) bond motifs is 4. The van der Waals surface area contributed by atoms with E-state index in [4.69, 9.17) is 14.5 Å². The maximum Gasteiger partial charge on any atom is 0.257 e. The molecule has 2 bridgehead atoms. The molecule has 3 atom stereocenters. The molecule has 2 aromatic carbocycles. The van der Waals surface area contributed by atoms with Crippen LogP contribution in [0.3, 0.4) is 0 Å². The van der Waals surface area contributed by atoms with E-state index in [1.54, 1.807) is 0 Å². The van der Waals surface area contributed by atoms with E-state index in [1.165, 1.54) is 5.56 Å². The number of ether oxygens (including phenoxy) is 1. The van der Waals surface area contributed by atoms with E-state index in [2.05, 4.69) is 13.0 Å². The zero-order chi connectivity index (χ0) is 13.8. The van der Waals surface area contributed by atoms with E-state index < -0.39 is 11.6 Å². The molecule has 0 unspecified atom stereocenters. The van der Waals surface area contributed by atoms with Crippen LogP contribution in [0.25, 0.3) is 0 Å². The molecule has 20 heavy (non-hydrogen) atoms. The molecule has 0 spiro atoms. The lowest BCUT2D eigenvalue weighted by molar-refractivity contribution is -0.342. The lowest BCUT2D eigenvalue weighted by Crippen LogP contribution is -2.42. The van der Waals surface area contributed by atoms with Gasteiger partial charge in [0.2, 0.25) is 5.79 Å². The lowest BCUT2D eigenvalue weighted by atomic mass is 9.81. The Hall–Kier alpha value is -1.68. The third-order valence-corrected chi connectivity index (χ3v) is 4.39. The van der Waals surface area contributed by atoms with Crippen LogP contribution in [0.4, 0.5) is 0 Å². The van der Waals surface area contributed by atoms with Crippen molar-refractivity contribution >= 4 is 0 Å². The summed E-state index contributed by atoms with van der Waals surface area (Å²) in [4.78, 5) is 11.3. The molecule has 0 aliphatic carbocycles. The number of benzene rings is 2. The van der Waals surface area contributed by atoms with Crippen molar-refractivity contribution < 1.29 is 14.5 Å². The molecule has 4 rings (SSSR count). The van der Waals surface area contributed by atoms with Crippen LogP contribution in [0.15, 0.2) is 54.6 Å². The van der Waals surface area contributed by atoms with Gasteiger partial charge in [0.15, 0.2) is 0 Å². The first-order valence-electron chi connectivity index (χ1n) is 6.88. The first-order valence-corrected chi connectivity index (χ1v) is 6.88. The third kappa shape index (κ3) is 1.40. The molecule has 0 radical (unpaired) electrons. The topological polar surface area (TPSA) is 27.7 Å². The van der Waals surface area contributed by atoms with Crippen molar-refractivity contribution in [2.24, 2.45) is 0 Å². The maximum atomic E-state index is 6.25. The van der Waals surface area contributed by atoms with Gasteiger partial charge in [-0.1, -0.05) is 61.5 Å². The molecular weight excluding hydrogens is 252 g/mol. The molecular formula is C17H16O3. The van der Waals surface area contributed by atoms with Crippen LogP contribution in [0, 0.1) is 0 Å². The largest absolute Gasteiger partial charge is 0.304 e. The molecule has 0 N–H and O–H groups in total. The molecule has 2 heterocycles. The fraction of sp³-hybridized carbons (Fsp3) is 0.294. The van der Waals surface area contributed by atoms with Crippen molar-refractivity contribution in [3.63, 3.8) is 0 Å². The first-order chi connectivity index (χ1) is 9.66. The molecule has 2 aromatic rings. The Morgan fingerprint density at radius 2 is 1.60 bits per heavy atom. The maximum absolute atomic E-state index is 6.25. The number of hydrogen-bond donors (Lipinski definition) is 0. The summed E-state index contributed by atoms with van der Waals surface area (Å²) in [5.41, 5.74) is 3.18. The van der Waals surface area contributed by atoms with Gasteiger partial charge < -0.3 is 4.74 Å². The van der Waals surface area contributed by atoms with Crippen LogP contribution in [0.5, 0.6) is 0 Å². The number of hydrogen-bond acceptors (Lipinski definition) is 3. The smallest absolute Gasteiger partial charge is 0.257 e. The minimum Gasteiger partial charge on any atom is -0.304 e. The van der Waals surface area contributed by atoms with Crippen LogP contribution < -0.4 is 0 Å². The zero-order valence-corrected chi connectivity index (χ0v) is 11.5. The molecule has 1 fully saturated rings. The second-order valence-corrected chi connectivity index (χ2v) is 5.58. The molecule has 3 nitrogen and oxygen atoms in total. The van der Waals surface area contributed by atoms with Gasteiger partial charge in [-0.05, 0) is 12.5 Å². The summed E-state index contributed by atoms with van der Waals surface area (Å²) in [6.45, 7) is 4.03. The highest BCUT2D eigenvalue weighted by molar-refractivity contribution is 5.44. The van der Waals surface area contributed by atoms with Gasteiger partial charge in [-0.2, -0.15) is 9.78 Å². The standard InChI is InChI=1S/C17H16O3/c1-12-14-10-6-7-11-15(14)17(13-8-4-3-5-9-13)18-16(12,2)19-20-17/h3-12H,1-2H3/t12-,16+,17-/m0/s1. The Kier molecular flexibility index (Phi) is 2.37. The highest BCUT2D eigenvalue weighted by atomic mass is 17.3. The van der Waals surface area contributed by atoms with E-state index in [9.17, 15) is 0 Å². The normalized spacial score (nSPS) is 34.8. The molecule has 102 valence electrons. The van der Waals surface area contributed by atoms with E-state index in [-0.39, 0.29) is 5.92 Å². The first kappa shape index (κ1) is 12.1. The predicted octanol–water partition coefficient (Wildman–Crippen LogP) is 3.70. The van der Waals surface area contributed by atoms with E-state index in [0.29, 0.717) is 0 Å². The molecule has 2 aliphatic heterocycles. The van der Waals surface area contributed by atoms with Crippen molar-refractivity contribution in [3.8, 4) is 0 Å². The van der Waals surface area contributed by atoms with Crippen LogP contribution in [-0.4, -0.2) is 5.79 Å². The molecule has 0 aromatic heterocycles. The molecule has 1 saturated heterocycles. The Balaban J connectivity index is 2.00. The summed E-state index contributed by atoms with van der Waals surface area (Å²) in [5.74, 6) is -1.61. The molecule has 3 heteroatoms. The molecule has 2 aliphatic rings. The van der Waals surface area contributed by atoms with Crippen molar-refractivity contribution in [2.45, 2.75) is 31.3 Å². The van der Waals surface area contributed by atoms with Gasteiger partial charge in [0.25, 0.3) is 5.79 Å². The average Bonchev–Trinajstić information content (AvgIpc) is 2.84.